The van der Waals surface area contributed by atoms with Crippen molar-refractivity contribution in [2.24, 2.45) is 0 Å². The van der Waals surface area contributed by atoms with Gasteiger partial charge in [0.2, 0.25) is 0 Å². The third-order valence-corrected chi connectivity index (χ3v) is 3.35. The molecule has 0 atom stereocenters. The fourth-order valence-corrected chi connectivity index (χ4v) is 2.04. The fraction of sp³-hybridized carbons (Fsp3) is 0.467. The summed E-state index contributed by atoms with van der Waals surface area (Å²) in [5.74, 6) is -1.06. The number of rotatable bonds is 7. The van der Waals surface area contributed by atoms with E-state index in [1.165, 1.54) is 6.07 Å². The molecule has 116 valence electrons. The number of nitrogens with zero attached hydrogens (tertiary/aromatic N) is 1. The molecule has 0 bridgehead atoms. The highest BCUT2D eigenvalue weighted by Gasteiger charge is 2.14. The summed E-state index contributed by atoms with van der Waals surface area (Å²) in [5, 5.41) is 14.5. The zero-order valence-electron chi connectivity index (χ0n) is 12.8. The average Bonchev–Trinajstić information content (AvgIpc) is 2.45. The van der Waals surface area contributed by atoms with Crippen molar-refractivity contribution >= 4 is 17.7 Å². The Morgan fingerprint density at radius 1 is 1.24 bits per heavy atom. The molecule has 0 radical (unpaired) electrons. The SMILES string of the molecule is CCN(CC)CCNC(=O)Nc1c(C)cccc1C(=O)O. The van der Waals surface area contributed by atoms with Gasteiger partial charge in [0.15, 0.2) is 0 Å². The van der Waals surface area contributed by atoms with Crippen LogP contribution in [0.25, 0.3) is 0 Å². The van der Waals surface area contributed by atoms with Crippen molar-refractivity contribution in [2.75, 3.05) is 31.5 Å². The molecule has 0 fully saturated rings. The monoisotopic (exact) mass is 293 g/mol. The largest absolute Gasteiger partial charge is 0.478 e. The van der Waals surface area contributed by atoms with Crippen LogP contribution < -0.4 is 10.6 Å². The van der Waals surface area contributed by atoms with E-state index in [2.05, 4.69) is 29.4 Å². The molecular weight excluding hydrogens is 270 g/mol. The van der Waals surface area contributed by atoms with Crippen molar-refractivity contribution in [3.63, 3.8) is 0 Å². The number of carbonyl (C=O) groups excluding carboxylic acids is 1. The number of carbonyl (C=O) groups is 2. The van der Waals surface area contributed by atoms with E-state index in [0.717, 1.165) is 19.6 Å². The number of benzene rings is 1. The van der Waals surface area contributed by atoms with Gasteiger partial charge in [-0.05, 0) is 31.6 Å². The van der Waals surface area contributed by atoms with Crippen LogP contribution in [0.1, 0.15) is 29.8 Å². The summed E-state index contributed by atoms with van der Waals surface area (Å²) >= 11 is 0. The third kappa shape index (κ3) is 5.07. The molecule has 3 N–H and O–H groups in total. The van der Waals surface area contributed by atoms with Gasteiger partial charge in [0, 0.05) is 13.1 Å². The van der Waals surface area contributed by atoms with E-state index >= 15 is 0 Å². The van der Waals surface area contributed by atoms with Gasteiger partial charge in [0.05, 0.1) is 11.3 Å². The lowest BCUT2D eigenvalue weighted by molar-refractivity contribution is 0.0698. The van der Waals surface area contributed by atoms with Crippen LogP contribution in [0.2, 0.25) is 0 Å². The molecule has 1 aromatic carbocycles. The van der Waals surface area contributed by atoms with Gasteiger partial charge in [-0.15, -0.1) is 0 Å². The summed E-state index contributed by atoms with van der Waals surface area (Å²) in [6, 6.07) is 4.50. The molecule has 0 saturated heterocycles. The Morgan fingerprint density at radius 3 is 2.48 bits per heavy atom. The normalized spacial score (nSPS) is 10.5. The number of hydrogen-bond donors (Lipinski definition) is 3. The Kier molecular flexibility index (Phi) is 6.68. The number of urea groups is 1. The van der Waals surface area contributed by atoms with E-state index in [4.69, 9.17) is 5.11 Å². The molecule has 0 aliphatic rings. The quantitative estimate of drug-likeness (QED) is 0.719. The summed E-state index contributed by atoms with van der Waals surface area (Å²) in [6.45, 7) is 9.04. The molecule has 6 nitrogen and oxygen atoms in total. The molecule has 0 spiro atoms. The summed E-state index contributed by atoms with van der Waals surface area (Å²) in [6.07, 6.45) is 0. The highest BCUT2D eigenvalue weighted by Crippen LogP contribution is 2.20. The number of amides is 2. The van der Waals surface area contributed by atoms with Crippen molar-refractivity contribution in [2.45, 2.75) is 20.8 Å². The topological polar surface area (TPSA) is 81.7 Å². The number of carboxylic acids is 1. The van der Waals surface area contributed by atoms with Gasteiger partial charge in [-0.1, -0.05) is 26.0 Å². The minimum atomic E-state index is -1.06. The molecule has 0 aromatic heterocycles. The number of aromatic carboxylic acids is 1. The number of aryl methyl sites for hydroxylation is 1. The maximum atomic E-state index is 11.9. The second-order valence-corrected chi connectivity index (χ2v) is 4.71. The number of para-hydroxylation sites is 1. The predicted molar refractivity (Wildman–Crippen MR) is 82.9 cm³/mol. The summed E-state index contributed by atoms with van der Waals surface area (Å²) in [7, 11) is 0. The summed E-state index contributed by atoms with van der Waals surface area (Å²) < 4.78 is 0. The summed E-state index contributed by atoms with van der Waals surface area (Å²) in [5.41, 5.74) is 1.15. The number of anilines is 1. The number of likely N-dealkylation sites (N-methyl/N-ethyl adjacent to an activating group) is 1. The molecule has 21 heavy (non-hydrogen) atoms. The lowest BCUT2D eigenvalue weighted by Crippen LogP contribution is -2.37. The van der Waals surface area contributed by atoms with Gasteiger partial charge in [0.25, 0.3) is 0 Å². The Hall–Kier alpha value is -2.08. The first kappa shape index (κ1) is 17.0. The Bertz CT molecular complexity index is 499. The maximum Gasteiger partial charge on any atom is 0.337 e. The van der Waals surface area contributed by atoms with Crippen molar-refractivity contribution in [1.29, 1.82) is 0 Å². The molecule has 0 unspecified atom stereocenters. The van der Waals surface area contributed by atoms with Gasteiger partial charge in [-0.25, -0.2) is 9.59 Å². The highest BCUT2D eigenvalue weighted by molar-refractivity contribution is 6.00. The van der Waals surface area contributed by atoms with Crippen LogP contribution in [-0.4, -0.2) is 48.2 Å². The van der Waals surface area contributed by atoms with Gasteiger partial charge in [0.1, 0.15) is 0 Å². The van der Waals surface area contributed by atoms with E-state index in [1.54, 1.807) is 19.1 Å². The van der Waals surface area contributed by atoms with Crippen LogP contribution in [0, 0.1) is 6.92 Å². The van der Waals surface area contributed by atoms with Crippen molar-refractivity contribution in [3.8, 4) is 0 Å². The lowest BCUT2D eigenvalue weighted by Gasteiger charge is -2.18. The zero-order chi connectivity index (χ0) is 15.8. The molecule has 2 amide bonds. The van der Waals surface area contributed by atoms with Crippen molar-refractivity contribution in [1.82, 2.24) is 10.2 Å². The van der Waals surface area contributed by atoms with Crippen LogP contribution in [0.4, 0.5) is 10.5 Å². The zero-order valence-corrected chi connectivity index (χ0v) is 12.8. The lowest BCUT2D eigenvalue weighted by atomic mass is 10.1. The van der Waals surface area contributed by atoms with Crippen LogP contribution in [0.15, 0.2) is 18.2 Å². The Balaban J connectivity index is 2.61. The smallest absolute Gasteiger partial charge is 0.337 e. The van der Waals surface area contributed by atoms with Crippen LogP contribution in [0.3, 0.4) is 0 Å². The number of hydrogen-bond acceptors (Lipinski definition) is 3. The second kappa shape index (κ2) is 8.26. The molecule has 6 heteroatoms. The van der Waals surface area contributed by atoms with E-state index in [1.807, 2.05) is 0 Å². The Morgan fingerprint density at radius 2 is 1.90 bits per heavy atom. The van der Waals surface area contributed by atoms with Gasteiger partial charge < -0.3 is 20.6 Å². The highest BCUT2D eigenvalue weighted by atomic mass is 16.4. The summed E-state index contributed by atoms with van der Waals surface area (Å²) in [4.78, 5) is 25.2. The minimum absolute atomic E-state index is 0.0916. The van der Waals surface area contributed by atoms with Crippen LogP contribution in [0.5, 0.6) is 0 Å². The fourth-order valence-electron chi connectivity index (χ4n) is 2.04. The van der Waals surface area contributed by atoms with Crippen LogP contribution in [-0.2, 0) is 0 Å². The molecule has 1 aromatic rings. The minimum Gasteiger partial charge on any atom is -0.478 e. The van der Waals surface area contributed by atoms with Crippen LogP contribution >= 0.6 is 0 Å². The standard InChI is InChI=1S/C15H23N3O3/c1-4-18(5-2)10-9-16-15(21)17-13-11(3)7-6-8-12(13)14(19)20/h6-8H,4-5,9-10H2,1-3H3,(H,19,20)(H2,16,17,21). The number of nitrogens with one attached hydrogen (secondary N) is 2. The first-order valence-electron chi connectivity index (χ1n) is 7.09. The van der Waals surface area contributed by atoms with E-state index in [9.17, 15) is 9.59 Å². The van der Waals surface area contributed by atoms with Crippen molar-refractivity contribution < 1.29 is 14.7 Å². The van der Waals surface area contributed by atoms with Gasteiger partial charge in [-0.2, -0.15) is 0 Å². The average molecular weight is 293 g/mol. The van der Waals surface area contributed by atoms with E-state index in [0.29, 0.717) is 17.8 Å². The van der Waals surface area contributed by atoms with Gasteiger partial charge in [-0.3, -0.25) is 0 Å². The molecule has 0 saturated carbocycles. The molecule has 0 aliphatic carbocycles. The molecule has 1 rings (SSSR count). The maximum absolute atomic E-state index is 11.9. The van der Waals surface area contributed by atoms with Crippen molar-refractivity contribution in [3.05, 3.63) is 29.3 Å². The predicted octanol–water partition coefficient (Wildman–Crippen LogP) is 2.16. The Labute approximate surface area is 125 Å². The van der Waals surface area contributed by atoms with E-state index < -0.39 is 5.97 Å². The number of carboxylic acid groups (broad SMARTS) is 1. The second-order valence-electron chi connectivity index (χ2n) is 4.71. The first-order valence-corrected chi connectivity index (χ1v) is 7.09. The molecule has 0 heterocycles. The first-order chi connectivity index (χ1) is 9.99. The van der Waals surface area contributed by atoms with E-state index in [-0.39, 0.29) is 11.6 Å². The third-order valence-electron chi connectivity index (χ3n) is 3.35. The molecule has 0 aliphatic heterocycles. The van der Waals surface area contributed by atoms with Gasteiger partial charge >= 0.3 is 12.0 Å². The molecular formula is C15H23N3O3.